The van der Waals surface area contributed by atoms with Crippen molar-refractivity contribution in [3.05, 3.63) is 42.4 Å². The smallest absolute Gasteiger partial charge is 0.191 e. The predicted molar refractivity (Wildman–Crippen MR) is 99.7 cm³/mol. The molecule has 24 heavy (non-hydrogen) atoms. The van der Waals surface area contributed by atoms with Gasteiger partial charge in [-0.25, -0.2) is 9.67 Å². The molecule has 1 saturated heterocycles. The van der Waals surface area contributed by atoms with E-state index in [9.17, 15) is 0 Å². The van der Waals surface area contributed by atoms with E-state index in [1.165, 1.54) is 18.6 Å². The summed E-state index contributed by atoms with van der Waals surface area (Å²) in [4.78, 5) is 8.67. The molecule has 1 atom stereocenters. The number of hydrogen-bond donors (Lipinski definition) is 2. The molecule has 1 fully saturated rings. The summed E-state index contributed by atoms with van der Waals surface area (Å²) in [7, 11) is 1.81. The molecular formula is C17H24N6S. The van der Waals surface area contributed by atoms with E-state index in [-0.39, 0.29) is 0 Å². The fourth-order valence-corrected chi connectivity index (χ4v) is 4.00. The van der Waals surface area contributed by atoms with Gasteiger partial charge in [0.05, 0.1) is 0 Å². The van der Waals surface area contributed by atoms with Crippen molar-refractivity contribution in [3.8, 4) is 5.82 Å². The number of thioether (sulfide) groups is 1. The van der Waals surface area contributed by atoms with Gasteiger partial charge in [-0.1, -0.05) is 0 Å². The summed E-state index contributed by atoms with van der Waals surface area (Å²) in [5.41, 5.74) is 1.14. The van der Waals surface area contributed by atoms with Crippen LogP contribution in [0.2, 0.25) is 0 Å². The van der Waals surface area contributed by atoms with Gasteiger partial charge in [-0.05, 0) is 49.3 Å². The van der Waals surface area contributed by atoms with E-state index >= 15 is 0 Å². The van der Waals surface area contributed by atoms with Gasteiger partial charge in [0.15, 0.2) is 11.8 Å². The first-order valence-electron chi connectivity index (χ1n) is 8.22. The van der Waals surface area contributed by atoms with Gasteiger partial charge in [0.25, 0.3) is 0 Å². The number of hydrogen-bond acceptors (Lipinski definition) is 4. The van der Waals surface area contributed by atoms with Crippen molar-refractivity contribution in [2.45, 2.75) is 31.1 Å². The molecule has 0 radical (unpaired) electrons. The van der Waals surface area contributed by atoms with Gasteiger partial charge < -0.3 is 10.6 Å². The maximum absolute atomic E-state index is 4.35. The number of pyridine rings is 1. The number of aromatic nitrogens is 3. The molecule has 7 heteroatoms. The van der Waals surface area contributed by atoms with Crippen LogP contribution in [0.1, 0.15) is 25.3 Å². The van der Waals surface area contributed by atoms with Crippen molar-refractivity contribution in [2.75, 3.05) is 19.3 Å². The molecule has 0 bridgehead atoms. The van der Waals surface area contributed by atoms with Gasteiger partial charge in [0.1, 0.15) is 0 Å². The third-order valence-electron chi connectivity index (χ3n) is 4.16. The van der Waals surface area contributed by atoms with Crippen LogP contribution in [0.4, 0.5) is 0 Å². The van der Waals surface area contributed by atoms with Crippen molar-refractivity contribution in [3.63, 3.8) is 0 Å². The third-order valence-corrected chi connectivity index (χ3v) is 5.70. The average Bonchev–Trinajstić information content (AvgIpc) is 3.27. The zero-order valence-electron chi connectivity index (χ0n) is 14.2. The lowest BCUT2D eigenvalue weighted by molar-refractivity contribution is 0.584. The molecule has 6 nitrogen and oxygen atoms in total. The van der Waals surface area contributed by atoms with Gasteiger partial charge >= 0.3 is 0 Å². The number of nitrogens with one attached hydrogen (secondary N) is 2. The zero-order chi connectivity index (χ0) is 16.8. The summed E-state index contributed by atoms with van der Waals surface area (Å²) in [6.45, 7) is 3.96. The van der Waals surface area contributed by atoms with Crippen molar-refractivity contribution in [1.82, 2.24) is 25.4 Å². The quantitative estimate of drug-likeness (QED) is 0.643. The van der Waals surface area contributed by atoms with E-state index < -0.39 is 0 Å². The first-order chi connectivity index (χ1) is 11.7. The summed E-state index contributed by atoms with van der Waals surface area (Å²) in [5, 5.41) is 11.0. The summed E-state index contributed by atoms with van der Waals surface area (Å²) in [5.74, 6) is 2.91. The van der Waals surface area contributed by atoms with Crippen LogP contribution in [0, 0.1) is 0 Å². The van der Waals surface area contributed by atoms with E-state index in [0.717, 1.165) is 23.9 Å². The molecular weight excluding hydrogens is 320 g/mol. The number of nitrogens with zero attached hydrogens (tertiary/aromatic N) is 4. The Morgan fingerprint density at radius 2 is 2.33 bits per heavy atom. The number of aliphatic imine (C=N–C) groups is 1. The zero-order valence-corrected chi connectivity index (χ0v) is 15.0. The first-order valence-corrected chi connectivity index (χ1v) is 9.20. The Kier molecular flexibility index (Phi) is 5.40. The summed E-state index contributed by atoms with van der Waals surface area (Å²) < 4.78 is 2.08. The molecule has 0 amide bonds. The van der Waals surface area contributed by atoms with Crippen LogP contribution in [-0.2, 0) is 6.54 Å². The van der Waals surface area contributed by atoms with Crippen molar-refractivity contribution in [1.29, 1.82) is 0 Å². The highest BCUT2D eigenvalue weighted by Gasteiger charge is 2.29. The molecule has 0 saturated carbocycles. The van der Waals surface area contributed by atoms with E-state index in [4.69, 9.17) is 0 Å². The molecule has 3 heterocycles. The van der Waals surface area contributed by atoms with Crippen LogP contribution >= 0.6 is 11.8 Å². The second-order valence-corrected chi connectivity index (χ2v) is 7.84. The van der Waals surface area contributed by atoms with Crippen LogP contribution in [0.25, 0.3) is 5.82 Å². The van der Waals surface area contributed by atoms with Crippen LogP contribution in [0.15, 0.2) is 41.8 Å². The SMILES string of the molecule is CN=C(NCc1ccnc(-n2cccn2)c1)NCC1(C)CCCS1. The fourth-order valence-electron chi connectivity index (χ4n) is 2.75. The lowest BCUT2D eigenvalue weighted by Crippen LogP contribution is -2.43. The second-order valence-electron chi connectivity index (χ2n) is 6.15. The fraction of sp³-hybridized carbons (Fsp3) is 0.471. The van der Waals surface area contributed by atoms with Crippen molar-refractivity contribution in [2.24, 2.45) is 4.99 Å². The molecule has 128 valence electrons. The van der Waals surface area contributed by atoms with E-state index in [0.29, 0.717) is 11.3 Å². The number of rotatable bonds is 5. The minimum atomic E-state index is 0.321. The minimum Gasteiger partial charge on any atom is -0.355 e. The molecule has 2 aromatic rings. The predicted octanol–water partition coefficient (Wildman–Crippen LogP) is 2.22. The Labute approximate surface area is 147 Å². The highest BCUT2D eigenvalue weighted by atomic mass is 32.2. The normalized spacial score (nSPS) is 21.0. The number of guanidine groups is 1. The van der Waals surface area contributed by atoms with E-state index in [1.807, 2.05) is 36.2 Å². The topological polar surface area (TPSA) is 67.1 Å². The molecule has 0 aliphatic carbocycles. The minimum absolute atomic E-state index is 0.321. The summed E-state index contributed by atoms with van der Waals surface area (Å²) in [6, 6.07) is 5.92. The molecule has 2 N–H and O–H groups in total. The molecule has 1 aliphatic heterocycles. The molecule has 3 rings (SSSR count). The Hall–Kier alpha value is -2.02. The van der Waals surface area contributed by atoms with Crippen LogP contribution in [0.3, 0.4) is 0 Å². The summed E-state index contributed by atoms with van der Waals surface area (Å²) in [6.07, 6.45) is 8.02. The van der Waals surface area contributed by atoms with Gasteiger partial charge in [-0.15, -0.1) is 0 Å². The van der Waals surface area contributed by atoms with Gasteiger partial charge in [-0.3, -0.25) is 4.99 Å². The Bertz CT molecular complexity index is 676. The van der Waals surface area contributed by atoms with Gasteiger partial charge in [0.2, 0.25) is 0 Å². The second kappa shape index (κ2) is 7.70. The Balaban J connectivity index is 1.55. The highest BCUT2D eigenvalue weighted by Crippen LogP contribution is 2.36. The summed E-state index contributed by atoms with van der Waals surface area (Å²) >= 11 is 2.05. The maximum Gasteiger partial charge on any atom is 0.191 e. The van der Waals surface area contributed by atoms with Crippen LogP contribution in [0.5, 0.6) is 0 Å². The standard InChI is InChI=1S/C17H24N6S/c1-17(6-3-10-24-17)13-21-16(18-2)20-12-14-5-8-19-15(11-14)23-9-4-7-22-23/h4-5,7-9,11H,3,6,10,12-13H2,1-2H3,(H2,18,20,21). The Morgan fingerprint density at radius 3 is 3.04 bits per heavy atom. The van der Waals surface area contributed by atoms with Gasteiger partial charge in [0, 0.05) is 43.5 Å². The van der Waals surface area contributed by atoms with Crippen LogP contribution in [-0.4, -0.2) is 44.8 Å². The molecule has 0 aromatic carbocycles. The maximum atomic E-state index is 4.35. The van der Waals surface area contributed by atoms with Gasteiger partial charge in [-0.2, -0.15) is 16.9 Å². The van der Waals surface area contributed by atoms with E-state index in [2.05, 4.69) is 32.6 Å². The van der Waals surface area contributed by atoms with Crippen molar-refractivity contribution < 1.29 is 0 Å². The largest absolute Gasteiger partial charge is 0.355 e. The molecule has 1 unspecified atom stereocenters. The first kappa shape index (κ1) is 16.8. The Morgan fingerprint density at radius 1 is 1.42 bits per heavy atom. The molecule has 1 aliphatic rings. The van der Waals surface area contributed by atoms with E-state index in [1.54, 1.807) is 24.1 Å². The third kappa shape index (κ3) is 4.29. The van der Waals surface area contributed by atoms with Crippen LogP contribution < -0.4 is 10.6 Å². The lowest BCUT2D eigenvalue weighted by Gasteiger charge is -2.24. The average molecular weight is 344 g/mol. The molecule has 0 spiro atoms. The highest BCUT2D eigenvalue weighted by molar-refractivity contribution is 8.00. The lowest BCUT2D eigenvalue weighted by atomic mass is 10.1. The molecule has 2 aromatic heterocycles. The van der Waals surface area contributed by atoms with Crippen molar-refractivity contribution >= 4 is 17.7 Å². The monoisotopic (exact) mass is 344 g/mol.